The van der Waals surface area contributed by atoms with Crippen LogP contribution in [0.4, 0.5) is 0 Å². The molecule has 0 atom stereocenters. The van der Waals surface area contributed by atoms with E-state index in [0.717, 1.165) is 13.1 Å². The maximum absolute atomic E-state index is 12.8. The van der Waals surface area contributed by atoms with Crippen LogP contribution < -0.4 is 0 Å². The lowest BCUT2D eigenvalue weighted by Gasteiger charge is -2.25. The van der Waals surface area contributed by atoms with Gasteiger partial charge in [-0.1, -0.05) is 44.0 Å². The summed E-state index contributed by atoms with van der Waals surface area (Å²) in [4.78, 5) is 2.31. The number of sulfonamides is 1. The van der Waals surface area contributed by atoms with Gasteiger partial charge in [-0.3, -0.25) is 0 Å². The van der Waals surface area contributed by atoms with E-state index < -0.39 is 10.0 Å². The first-order valence-electron chi connectivity index (χ1n) is 7.46. The molecule has 1 rings (SSSR count). The highest BCUT2D eigenvalue weighted by Gasteiger charge is 2.26. The molecule has 1 aromatic carbocycles. The molecule has 0 unspecified atom stereocenters. The number of benzene rings is 1. The Kier molecular flexibility index (Phi) is 7.62. The first kappa shape index (κ1) is 19.7. The molecule has 0 spiro atoms. The molecule has 4 nitrogen and oxygen atoms in total. The number of hydrogen-bond donors (Lipinski definition) is 0. The van der Waals surface area contributed by atoms with Crippen LogP contribution >= 0.6 is 23.2 Å². The maximum Gasteiger partial charge on any atom is 0.244 e. The quantitative estimate of drug-likeness (QED) is 0.704. The van der Waals surface area contributed by atoms with Crippen LogP contribution in [0.3, 0.4) is 0 Å². The van der Waals surface area contributed by atoms with E-state index in [-0.39, 0.29) is 9.92 Å². The Morgan fingerprint density at radius 2 is 1.55 bits per heavy atom. The summed E-state index contributed by atoms with van der Waals surface area (Å²) in [5.41, 5.74) is 0.699. The summed E-state index contributed by atoms with van der Waals surface area (Å²) >= 11 is 12.1. The van der Waals surface area contributed by atoms with Gasteiger partial charge in [0.15, 0.2) is 0 Å². The van der Waals surface area contributed by atoms with Crippen LogP contribution in [-0.2, 0) is 10.0 Å². The molecule has 0 aliphatic heterocycles. The van der Waals surface area contributed by atoms with Crippen LogP contribution in [0.15, 0.2) is 17.0 Å². The third-order valence-electron chi connectivity index (χ3n) is 3.74. The minimum absolute atomic E-state index is 0.123. The van der Waals surface area contributed by atoms with Gasteiger partial charge in [-0.15, -0.1) is 0 Å². The molecule has 22 heavy (non-hydrogen) atoms. The number of aryl methyl sites for hydroxylation is 1. The minimum atomic E-state index is -3.62. The fraction of sp³-hybridized carbons (Fsp3) is 0.600. The average Bonchev–Trinajstić information content (AvgIpc) is 2.47. The summed E-state index contributed by atoms with van der Waals surface area (Å²) in [6.07, 6.45) is 0. The highest BCUT2D eigenvalue weighted by Crippen LogP contribution is 2.30. The third kappa shape index (κ3) is 4.59. The molecule has 0 aliphatic rings. The second-order valence-electron chi connectivity index (χ2n) is 5.06. The van der Waals surface area contributed by atoms with Crippen LogP contribution in [0, 0.1) is 6.92 Å². The minimum Gasteiger partial charge on any atom is -0.303 e. The van der Waals surface area contributed by atoms with Gasteiger partial charge in [-0.2, -0.15) is 4.31 Å². The topological polar surface area (TPSA) is 40.6 Å². The van der Waals surface area contributed by atoms with E-state index in [2.05, 4.69) is 18.7 Å². The predicted octanol–water partition coefficient (Wildman–Crippen LogP) is 3.65. The van der Waals surface area contributed by atoms with Crippen molar-refractivity contribution in [3.63, 3.8) is 0 Å². The van der Waals surface area contributed by atoms with Crippen molar-refractivity contribution >= 4 is 33.2 Å². The second kappa shape index (κ2) is 8.50. The molecule has 1 aromatic rings. The molecule has 0 N–H and O–H groups in total. The SMILES string of the molecule is CCN(CC)CCN(CC)S(=O)(=O)c1cc(C)c(Cl)cc1Cl. The molecular weight excluding hydrogens is 343 g/mol. The first-order valence-corrected chi connectivity index (χ1v) is 9.65. The zero-order valence-corrected chi connectivity index (χ0v) is 15.9. The maximum atomic E-state index is 12.8. The van der Waals surface area contributed by atoms with Gasteiger partial charge >= 0.3 is 0 Å². The Balaban J connectivity index is 3.07. The van der Waals surface area contributed by atoms with Gasteiger partial charge in [0.1, 0.15) is 4.90 Å². The van der Waals surface area contributed by atoms with E-state index in [1.165, 1.54) is 10.4 Å². The first-order chi connectivity index (χ1) is 10.3. The van der Waals surface area contributed by atoms with Crippen LogP contribution in [0.2, 0.25) is 10.0 Å². The van der Waals surface area contributed by atoms with Crippen molar-refractivity contribution in [2.75, 3.05) is 32.7 Å². The standard InChI is InChI=1S/C15H24Cl2N2O2S/c1-5-18(6-2)8-9-19(7-3)22(20,21)15-10-12(4)13(16)11-14(15)17/h10-11H,5-9H2,1-4H3. The number of likely N-dealkylation sites (N-methyl/N-ethyl adjacent to an activating group) is 2. The Morgan fingerprint density at radius 3 is 2.05 bits per heavy atom. The van der Waals surface area contributed by atoms with Gasteiger partial charge in [-0.05, 0) is 37.7 Å². The van der Waals surface area contributed by atoms with E-state index in [0.29, 0.717) is 30.2 Å². The fourth-order valence-electron chi connectivity index (χ4n) is 2.21. The van der Waals surface area contributed by atoms with Crippen LogP contribution in [0.1, 0.15) is 26.3 Å². The Labute approximate surface area is 144 Å². The van der Waals surface area contributed by atoms with E-state index in [1.807, 2.05) is 6.92 Å². The lowest BCUT2D eigenvalue weighted by molar-refractivity contribution is 0.274. The average molecular weight is 367 g/mol. The van der Waals surface area contributed by atoms with Crippen molar-refractivity contribution in [3.05, 3.63) is 27.7 Å². The van der Waals surface area contributed by atoms with Crippen LogP contribution in [0.5, 0.6) is 0 Å². The normalized spacial score (nSPS) is 12.4. The van der Waals surface area contributed by atoms with Crippen molar-refractivity contribution in [2.45, 2.75) is 32.6 Å². The number of rotatable bonds is 8. The Morgan fingerprint density at radius 1 is 0.955 bits per heavy atom. The lowest BCUT2D eigenvalue weighted by atomic mass is 10.2. The predicted molar refractivity (Wildman–Crippen MR) is 93.4 cm³/mol. The van der Waals surface area contributed by atoms with Gasteiger partial charge in [0.25, 0.3) is 0 Å². The van der Waals surface area contributed by atoms with Crippen LogP contribution in [0.25, 0.3) is 0 Å². The summed E-state index contributed by atoms with van der Waals surface area (Å²) in [6.45, 7) is 11.1. The highest BCUT2D eigenvalue weighted by molar-refractivity contribution is 7.89. The Hall–Kier alpha value is -0.330. The van der Waals surface area contributed by atoms with Gasteiger partial charge < -0.3 is 4.90 Å². The molecule has 0 aromatic heterocycles. The lowest BCUT2D eigenvalue weighted by Crippen LogP contribution is -2.38. The van der Waals surface area contributed by atoms with Crippen molar-refractivity contribution in [1.82, 2.24) is 9.21 Å². The summed E-state index contributed by atoms with van der Waals surface area (Å²) < 4.78 is 27.1. The van der Waals surface area contributed by atoms with E-state index in [1.54, 1.807) is 13.0 Å². The number of hydrogen-bond acceptors (Lipinski definition) is 3. The highest BCUT2D eigenvalue weighted by atomic mass is 35.5. The van der Waals surface area contributed by atoms with Crippen molar-refractivity contribution < 1.29 is 8.42 Å². The van der Waals surface area contributed by atoms with Crippen molar-refractivity contribution in [3.8, 4) is 0 Å². The Bertz CT molecular complexity index is 602. The second-order valence-corrected chi connectivity index (χ2v) is 7.78. The van der Waals surface area contributed by atoms with E-state index >= 15 is 0 Å². The van der Waals surface area contributed by atoms with Gasteiger partial charge in [-0.25, -0.2) is 8.42 Å². The molecule has 0 radical (unpaired) electrons. The van der Waals surface area contributed by atoms with Crippen molar-refractivity contribution in [1.29, 1.82) is 0 Å². The zero-order chi connectivity index (χ0) is 16.9. The molecule has 0 heterocycles. The number of nitrogens with zero attached hydrogens (tertiary/aromatic N) is 2. The van der Waals surface area contributed by atoms with Crippen molar-refractivity contribution in [2.24, 2.45) is 0 Å². The summed E-state index contributed by atoms with van der Waals surface area (Å²) in [5, 5.41) is 0.632. The molecule has 0 saturated carbocycles. The molecule has 0 amide bonds. The molecular formula is C15H24Cl2N2O2S. The summed E-state index contributed by atoms with van der Waals surface area (Å²) in [6, 6.07) is 3.03. The van der Waals surface area contributed by atoms with Crippen LogP contribution in [-0.4, -0.2) is 50.3 Å². The molecule has 0 bridgehead atoms. The smallest absolute Gasteiger partial charge is 0.244 e. The largest absolute Gasteiger partial charge is 0.303 e. The third-order valence-corrected chi connectivity index (χ3v) is 6.59. The van der Waals surface area contributed by atoms with E-state index in [9.17, 15) is 8.42 Å². The molecule has 0 saturated heterocycles. The van der Waals surface area contributed by atoms with E-state index in [4.69, 9.17) is 23.2 Å². The van der Waals surface area contributed by atoms with Gasteiger partial charge in [0.2, 0.25) is 10.0 Å². The molecule has 126 valence electrons. The summed E-state index contributed by atoms with van der Waals surface area (Å²) in [7, 11) is -3.62. The number of halogens is 2. The molecule has 7 heteroatoms. The fourth-order valence-corrected chi connectivity index (χ4v) is 4.46. The summed E-state index contributed by atoms with van der Waals surface area (Å²) in [5.74, 6) is 0. The molecule has 0 fully saturated rings. The van der Waals surface area contributed by atoms with Gasteiger partial charge in [0, 0.05) is 24.7 Å². The van der Waals surface area contributed by atoms with Gasteiger partial charge in [0.05, 0.1) is 5.02 Å². The monoisotopic (exact) mass is 366 g/mol. The molecule has 0 aliphatic carbocycles. The zero-order valence-electron chi connectivity index (χ0n) is 13.6.